The molecular formula is C58H94. The average molecular weight is 791 g/mol. The molecule has 0 unspecified atom stereocenters. The molecule has 0 N–H and O–H groups in total. The van der Waals surface area contributed by atoms with Crippen LogP contribution in [0.15, 0.2) is 97.1 Å². The lowest BCUT2D eigenvalue weighted by molar-refractivity contribution is 0.861. The molecule has 0 bridgehead atoms. The summed E-state index contributed by atoms with van der Waals surface area (Å²) in [6.45, 7) is 41.7. The largest absolute Gasteiger partial charge is 0.0776 e. The van der Waals surface area contributed by atoms with Crippen molar-refractivity contribution in [2.75, 3.05) is 0 Å². The Balaban J connectivity index is -0.000000309. The first-order valence-corrected chi connectivity index (χ1v) is 20.5. The molecule has 5 aromatic carbocycles. The second-order valence-electron chi connectivity index (χ2n) is 17.1. The number of aryl methyl sites for hydroxylation is 8. The summed E-state index contributed by atoms with van der Waals surface area (Å²) in [6.07, 6.45) is 0. The highest BCUT2D eigenvalue weighted by Gasteiger charge is 2.04. The van der Waals surface area contributed by atoms with E-state index in [4.69, 9.17) is 0 Å². The molecule has 0 nitrogen and oxygen atoms in total. The zero-order valence-electron chi connectivity index (χ0n) is 38.1. The van der Waals surface area contributed by atoms with Crippen molar-refractivity contribution in [3.63, 3.8) is 0 Å². The van der Waals surface area contributed by atoms with E-state index in [1.807, 2.05) is 0 Å². The van der Waals surface area contributed by atoms with E-state index in [9.17, 15) is 0 Å². The van der Waals surface area contributed by atoms with Gasteiger partial charge in [0, 0.05) is 0 Å². The Hall–Kier alpha value is -3.90. The van der Waals surface area contributed by atoms with Crippen LogP contribution in [-0.4, -0.2) is 0 Å². The van der Waals surface area contributed by atoms with Gasteiger partial charge in [-0.1, -0.05) is 218 Å². The highest BCUT2D eigenvalue weighted by molar-refractivity contribution is 5.38. The molecule has 0 heteroatoms. The average Bonchev–Trinajstić information content (AvgIpc) is 3.09. The summed E-state index contributed by atoms with van der Waals surface area (Å²) in [4.78, 5) is 0. The fraction of sp³-hybridized carbons (Fsp3) is 0.483. The maximum Gasteiger partial charge on any atom is -0.0219 e. The van der Waals surface area contributed by atoms with Crippen LogP contribution in [0.5, 0.6) is 0 Å². The van der Waals surface area contributed by atoms with Crippen molar-refractivity contribution in [2.45, 2.75) is 191 Å². The van der Waals surface area contributed by atoms with Crippen molar-refractivity contribution in [1.82, 2.24) is 0 Å². The quantitative estimate of drug-likeness (QED) is 0.166. The van der Waals surface area contributed by atoms with Gasteiger partial charge in [0.25, 0.3) is 0 Å². The van der Waals surface area contributed by atoms with Gasteiger partial charge in [-0.25, -0.2) is 0 Å². The van der Waals surface area contributed by atoms with Crippen LogP contribution >= 0.6 is 0 Å². The molecule has 326 valence electrons. The van der Waals surface area contributed by atoms with Gasteiger partial charge in [-0.15, -0.1) is 0 Å². The second kappa shape index (κ2) is 30.2. The van der Waals surface area contributed by atoms with Crippen molar-refractivity contribution in [3.05, 3.63) is 175 Å². The lowest BCUT2D eigenvalue weighted by atomic mass is 9.95. The van der Waals surface area contributed by atoms with Crippen molar-refractivity contribution >= 4 is 0 Å². The molecule has 5 rings (SSSR count). The van der Waals surface area contributed by atoms with Gasteiger partial charge >= 0.3 is 0 Å². The molecule has 0 aliphatic rings. The third-order valence-electron chi connectivity index (χ3n) is 10.2. The van der Waals surface area contributed by atoms with Gasteiger partial charge in [-0.2, -0.15) is 0 Å². The van der Waals surface area contributed by atoms with Crippen LogP contribution in [0.1, 0.15) is 206 Å². The number of benzene rings is 5. The van der Waals surface area contributed by atoms with Crippen LogP contribution in [0.2, 0.25) is 0 Å². The summed E-state index contributed by atoms with van der Waals surface area (Å²) < 4.78 is 0. The number of hydrogen-bond donors (Lipinski definition) is 0. The summed E-state index contributed by atoms with van der Waals surface area (Å²) >= 11 is 0. The lowest BCUT2D eigenvalue weighted by Gasteiger charge is -2.11. The predicted octanol–water partition coefficient (Wildman–Crippen LogP) is 19.4. The molecule has 58 heavy (non-hydrogen) atoms. The molecule has 0 atom stereocenters. The second-order valence-corrected chi connectivity index (χ2v) is 17.1. The van der Waals surface area contributed by atoms with Crippen molar-refractivity contribution in [1.29, 1.82) is 0 Å². The third kappa shape index (κ3) is 22.9. The molecule has 0 radical (unpaired) electrons. The summed E-state index contributed by atoms with van der Waals surface area (Å²) in [5, 5.41) is 0. The predicted molar refractivity (Wildman–Crippen MR) is 272 cm³/mol. The smallest absolute Gasteiger partial charge is 0.0219 e. The Morgan fingerprint density at radius 3 is 0.966 bits per heavy atom. The molecule has 0 saturated heterocycles. The maximum absolute atomic E-state index is 2.30. The Kier molecular flexibility index (Phi) is 31.6. The van der Waals surface area contributed by atoms with Gasteiger partial charge in [0.05, 0.1) is 0 Å². The SMILES string of the molecule is C.C.C.C.Cc1cc(C(C)C)cc(C)c1C.Cc1cc(C)cc(C(C)C)c1.Cc1ccc(C(C)C)cc1.Cc1ccc(C(C)C)cc1C.Cc1cccc(C(C)C)c1. The van der Waals surface area contributed by atoms with Gasteiger partial charge in [0.1, 0.15) is 0 Å². The fourth-order valence-corrected chi connectivity index (χ4v) is 5.85. The Morgan fingerprint density at radius 2 is 0.603 bits per heavy atom. The van der Waals surface area contributed by atoms with Gasteiger partial charge in [0.15, 0.2) is 0 Å². The van der Waals surface area contributed by atoms with E-state index in [1.165, 1.54) is 77.9 Å². The summed E-state index contributed by atoms with van der Waals surface area (Å²) in [7, 11) is 0. The van der Waals surface area contributed by atoms with Crippen molar-refractivity contribution in [2.24, 2.45) is 0 Å². The molecule has 5 aromatic rings. The van der Waals surface area contributed by atoms with E-state index in [-0.39, 0.29) is 29.7 Å². The molecule has 0 fully saturated rings. The molecule has 0 amide bonds. The first-order chi connectivity index (χ1) is 25.1. The van der Waals surface area contributed by atoms with Gasteiger partial charge in [0.2, 0.25) is 0 Å². The molecule has 0 aliphatic carbocycles. The van der Waals surface area contributed by atoms with Crippen LogP contribution in [0, 0.1) is 62.3 Å². The Bertz CT molecular complexity index is 1770. The van der Waals surface area contributed by atoms with E-state index < -0.39 is 0 Å². The normalized spacial score (nSPS) is 9.86. The molecule has 0 saturated carbocycles. The van der Waals surface area contributed by atoms with Crippen LogP contribution in [0.3, 0.4) is 0 Å². The monoisotopic (exact) mass is 791 g/mol. The first-order valence-electron chi connectivity index (χ1n) is 20.5. The molecule has 0 spiro atoms. The van der Waals surface area contributed by atoms with Gasteiger partial charge in [-0.3, -0.25) is 0 Å². The Morgan fingerprint density at radius 1 is 0.259 bits per heavy atom. The van der Waals surface area contributed by atoms with E-state index in [0.717, 1.165) is 0 Å². The first kappa shape index (κ1) is 60.8. The third-order valence-corrected chi connectivity index (χ3v) is 10.2. The van der Waals surface area contributed by atoms with Crippen LogP contribution < -0.4 is 0 Å². The van der Waals surface area contributed by atoms with Crippen LogP contribution in [-0.2, 0) is 0 Å². The van der Waals surface area contributed by atoms with E-state index in [1.54, 1.807) is 0 Å². The topological polar surface area (TPSA) is 0 Å². The summed E-state index contributed by atoms with van der Waals surface area (Å²) in [6, 6.07) is 35.4. The van der Waals surface area contributed by atoms with Crippen molar-refractivity contribution < 1.29 is 0 Å². The maximum atomic E-state index is 2.30. The molecular weight excluding hydrogens is 697 g/mol. The minimum Gasteiger partial charge on any atom is -0.0776 e. The standard InChI is InChI=1S/C12H18.2C11H16.2C10H14.4CH4/c1-8(2)12-6-9(3)11(5)10(4)7-12;1-8(2)11-6-9(3)5-10(4)7-11;1-8(2)11-6-5-9(3)10(4)7-11;1-8(2)10-6-4-9(3)5-7-10;1-8(2)10-6-4-5-9(3)7-10;;;;/h6-8H,1-5H3;2*5-8H,1-4H3;2*4-8H,1-3H3;4*1H4. The molecule has 0 aromatic heterocycles. The van der Waals surface area contributed by atoms with E-state index in [0.29, 0.717) is 29.6 Å². The zero-order valence-corrected chi connectivity index (χ0v) is 38.1. The van der Waals surface area contributed by atoms with Gasteiger partial charge < -0.3 is 0 Å². The molecule has 0 heterocycles. The zero-order chi connectivity index (χ0) is 41.3. The minimum atomic E-state index is 0. The highest BCUT2D eigenvalue weighted by Crippen LogP contribution is 2.22. The van der Waals surface area contributed by atoms with Crippen LogP contribution in [0.25, 0.3) is 0 Å². The number of hydrogen-bond acceptors (Lipinski definition) is 0. The molecule has 0 aliphatic heterocycles. The van der Waals surface area contributed by atoms with Crippen molar-refractivity contribution in [3.8, 4) is 0 Å². The van der Waals surface area contributed by atoms with E-state index >= 15 is 0 Å². The van der Waals surface area contributed by atoms with E-state index in [2.05, 4.69) is 229 Å². The van der Waals surface area contributed by atoms with Crippen LogP contribution in [0.4, 0.5) is 0 Å². The Labute approximate surface area is 364 Å². The fourth-order valence-electron chi connectivity index (χ4n) is 5.85. The number of rotatable bonds is 5. The lowest BCUT2D eigenvalue weighted by Crippen LogP contribution is -1.93. The summed E-state index contributed by atoms with van der Waals surface area (Å²) in [5.41, 5.74) is 19.7. The summed E-state index contributed by atoms with van der Waals surface area (Å²) in [5.74, 6) is 3.24. The van der Waals surface area contributed by atoms with Gasteiger partial charge in [-0.05, 0) is 148 Å². The highest BCUT2D eigenvalue weighted by atomic mass is 14.1. The minimum absolute atomic E-state index is 0.